The Bertz CT molecular complexity index is 515. The van der Waals surface area contributed by atoms with Gasteiger partial charge in [-0.3, -0.25) is 0 Å². The van der Waals surface area contributed by atoms with E-state index in [1.807, 2.05) is 0 Å². The van der Waals surface area contributed by atoms with Gasteiger partial charge in [-0.25, -0.2) is 8.42 Å². The summed E-state index contributed by atoms with van der Waals surface area (Å²) >= 11 is 5.65. The van der Waals surface area contributed by atoms with E-state index in [9.17, 15) is 13.5 Å². The number of aliphatic hydroxyl groups is 1. The average Bonchev–Trinajstić information content (AvgIpc) is 2.89. The highest BCUT2D eigenvalue weighted by atomic mass is 35.5. The van der Waals surface area contributed by atoms with Crippen LogP contribution in [0.5, 0.6) is 0 Å². The van der Waals surface area contributed by atoms with Crippen molar-refractivity contribution in [3.8, 4) is 0 Å². The van der Waals surface area contributed by atoms with Crippen LogP contribution in [0.3, 0.4) is 0 Å². The molecule has 1 aliphatic rings. The van der Waals surface area contributed by atoms with Crippen molar-refractivity contribution in [2.45, 2.75) is 30.2 Å². The van der Waals surface area contributed by atoms with E-state index < -0.39 is 10.0 Å². The number of hydrogen-bond donors (Lipinski definition) is 1. The largest absolute Gasteiger partial charge is 0.395 e. The minimum absolute atomic E-state index is 0.121. The Morgan fingerprint density at radius 2 is 2.00 bits per heavy atom. The van der Waals surface area contributed by atoms with Gasteiger partial charge in [-0.1, -0.05) is 12.1 Å². The number of alkyl halides is 1. The Balaban J connectivity index is 2.24. The van der Waals surface area contributed by atoms with Crippen molar-refractivity contribution in [2.75, 3.05) is 19.0 Å². The molecule has 1 N–H and O–H groups in total. The normalized spacial score (nSPS) is 20.8. The molecule has 1 aromatic rings. The molecular weight excluding hydrogens is 286 g/mol. The van der Waals surface area contributed by atoms with E-state index in [2.05, 4.69) is 0 Å². The Morgan fingerprint density at radius 3 is 2.58 bits per heavy atom. The molecule has 0 radical (unpaired) electrons. The lowest BCUT2D eigenvalue weighted by Crippen LogP contribution is -2.37. The summed E-state index contributed by atoms with van der Waals surface area (Å²) in [5.41, 5.74) is 1.02. The summed E-state index contributed by atoms with van der Waals surface area (Å²) in [4.78, 5) is 0.283. The number of sulfonamides is 1. The van der Waals surface area contributed by atoms with E-state index >= 15 is 0 Å². The van der Waals surface area contributed by atoms with Crippen molar-refractivity contribution in [1.82, 2.24) is 4.31 Å². The average molecular weight is 304 g/mol. The van der Waals surface area contributed by atoms with Crippen LogP contribution in [0, 0.1) is 0 Å². The minimum atomic E-state index is -3.49. The van der Waals surface area contributed by atoms with Gasteiger partial charge in [0, 0.05) is 18.5 Å². The molecule has 4 nitrogen and oxygen atoms in total. The van der Waals surface area contributed by atoms with E-state index in [1.54, 1.807) is 24.3 Å². The van der Waals surface area contributed by atoms with Crippen LogP contribution in [0.2, 0.25) is 0 Å². The number of hydrogen-bond acceptors (Lipinski definition) is 3. The number of aryl methyl sites for hydroxylation is 1. The van der Waals surface area contributed by atoms with E-state index in [-0.39, 0.29) is 17.5 Å². The number of rotatable bonds is 5. The third kappa shape index (κ3) is 3.11. The highest BCUT2D eigenvalue weighted by molar-refractivity contribution is 7.89. The van der Waals surface area contributed by atoms with Crippen molar-refractivity contribution < 1.29 is 13.5 Å². The molecule has 0 spiro atoms. The predicted molar refractivity (Wildman–Crippen MR) is 74.9 cm³/mol. The molecule has 19 heavy (non-hydrogen) atoms. The number of aliphatic hydroxyl groups excluding tert-OH is 1. The lowest BCUT2D eigenvalue weighted by atomic mass is 10.2. The number of benzene rings is 1. The lowest BCUT2D eigenvalue weighted by molar-refractivity contribution is 0.213. The van der Waals surface area contributed by atoms with E-state index in [4.69, 9.17) is 11.6 Å². The van der Waals surface area contributed by atoms with Crippen LogP contribution in [-0.4, -0.2) is 42.9 Å². The molecular formula is C13H18ClNO3S. The standard InChI is InChI=1S/C13H18ClNO3S/c14-8-7-11-3-5-13(6-4-11)19(17,18)15-9-1-2-12(15)10-16/h3-6,12,16H,1-2,7-10H2. The van der Waals surface area contributed by atoms with Gasteiger partial charge < -0.3 is 5.11 Å². The third-order valence-corrected chi connectivity index (χ3v) is 5.60. The van der Waals surface area contributed by atoms with Crippen LogP contribution in [0.4, 0.5) is 0 Å². The van der Waals surface area contributed by atoms with Crippen LogP contribution >= 0.6 is 11.6 Å². The van der Waals surface area contributed by atoms with E-state index in [0.29, 0.717) is 12.4 Å². The first-order valence-corrected chi connectivity index (χ1v) is 8.34. The zero-order chi connectivity index (χ0) is 13.9. The molecule has 1 unspecified atom stereocenters. The Kier molecular flexibility index (Phi) is 4.84. The Labute approximate surface area is 119 Å². The van der Waals surface area contributed by atoms with Crippen LogP contribution in [0.15, 0.2) is 29.2 Å². The Morgan fingerprint density at radius 1 is 1.32 bits per heavy atom. The molecule has 1 heterocycles. The smallest absolute Gasteiger partial charge is 0.243 e. The quantitative estimate of drug-likeness (QED) is 0.841. The summed E-state index contributed by atoms with van der Waals surface area (Å²) in [6.45, 7) is 0.362. The first-order chi connectivity index (χ1) is 9.09. The molecule has 1 aromatic carbocycles. The Hall–Kier alpha value is -0.620. The fraction of sp³-hybridized carbons (Fsp3) is 0.538. The molecule has 1 saturated heterocycles. The second-order valence-corrected chi connectivity index (χ2v) is 6.95. The maximum Gasteiger partial charge on any atom is 0.243 e. The second kappa shape index (κ2) is 6.22. The molecule has 1 fully saturated rings. The van der Waals surface area contributed by atoms with Gasteiger partial charge in [0.1, 0.15) is 0 Å². The fourth-order valence-corrected chi connectivity index (χ4v) is 4.28. The zero-order valence-electron chi connectivity index (χ0n) is 10.6. The van der Waals surface area contributed by atoms with Crippen molar-refractivity contribution in [2.24, 2.45) is 0 Å². The summed E-state index contributed by atoms with van der Waals surface area (Å²) in [7, 11) is -3.49. The highest BCUT2D eigenvalue weighted by Gasteiger charge is 2.34. The SMILES string of the molecule is O=S(=O)(c1ccc(CCCl)cc1)N1CCCC1CO. The maximum absolute atomic E-state index is 12.5. The topological polar surface area (TPSA) is 57.6 Å². The van der Waals surface area contributed by atoms with Crippen LogP contribution in [-0.2, 0) is 16.4 Å². The molecule has 0 aliphatic carbocycles. The number of nitrogens with zero attached hydrogens (tertiary/aromatic N) is 1. The van der Waals surface area contributed by atoms with Crippen molar-refractivity contribution in [1.29, 1.82) is 0 Å². The molecule has 1 aliphatic heterocycles. The molecule has 2 rings (SSSR count). The highest BCUT2D eigenvalue weighted by Crippen LogP contribution is 2.25. The van der Waals surface area contributed by atoms with Crippen molar-refractivity contribution in [3.63, 3.8) is 0 Å². The van der Waals surface area contributed by atoms with Crippen LogP contribution < -0.4 is 0 Å². The van der Waals surface area contributed by atoms with Crippen LogP contribution in [0.25, 0.3) is 0 Å². The van der Waals surface area contributed by atoms with Gasteiger partial charge in [0.15, 0.2) is 0 Å². The van der Waals surface area contributed by atoms with E-state index in [0.717, 1.165) is 24.8 Å². The first kappa shape index (κ1) is 14.8. The first-order valence-electron chi connectivity index (χ1n) is 6.37. The summed E-state index contributed by atoms with van der Waals surface area (Å²) in [5, 5.41) is 9.24. The van der Waals surface area contributed by atoms with Gasteiger partial charge in [0.05, 0.1) is 11.5 Å². The van der Waals surface area contributed by atoms with Crippen molar-refractivity contribution in [3.05, 3.63) is 29.8 Å². The molecule has 106 valence electrons. The monoisotopic (exact) mass is 303 g/mol. The predicted octanol–water partition coefficient (Wildman–Crippen LogP) is 1.61. The van der Waals surface area contributed by atoms with E-state index in [1.165, 1.54) is 4.31 Å². The third-order valence-electron chi connectivity index (χ3n) is 3.45. The minimum Gasteiger partial charge on any atom is -0.395 e. The molecule has 0 bridgehead atoms. The maximum atomic E-state index is 12.5. The van der Waals surface area contributed by atoms with Crippen molar-refractivity contribution >= 4 is 21.6 Å². The molecule has 0 saturated carbocycles. The fourth-order valence-electron chi connectivity index (χ4n) is 2.38. The van der Waals surface area contributed by atoms with Gasteiger partial charge in [-0.2, -0.15) is 4.31 Å². The second-order valence-electron chi connectivity index (χ2n) is 4.68. The molecule has 0 amide bonds. The summed E-state index contributed by atoms with van der Waals surface area (Å²) < 4.78 is 26.3. The lowest BCUT2D eigenvalue weighted by Gasteiger charge is -2.22. The van der Waals surface area contributed by atoms with Gasteiger partial charge in [0.2, 0.25) is 10.0 Å². The van der Waals surface area contributed by atoms with Crippen LogP contribution in [0.1, 0.15) is 18.4 Å². The summed E-state index contributed by atoms with van der Waals surface area (Å²) in [6, 6.07) is 6.53. The zero-order valence-corrected chi connectivity index (χ0v) is 12.2. The summed E-state index contributed by atoms with van der Waals surface area (Å²) in [6.07, 6.45) is 2.25. The molecule has 1 atom stereocenters. The van der Waals surface area contributed by atoms with Gasteiger partial charge in [-0.15, -0.1) is 11.6 Å². The van der Waals surface area contributed by atoms with Gasteiger partial charge in [-0.05, 0) is 37.0 Å². The van der Waals surface area contributed by atoms with Gasteiger partial charge >= 0.3 is 0 Å². The summed E-state index contributed by atoms with van der Waals surface area (Å²) in [5.74, 6) is 0.519. The molecule has 6 heteroatoms. The number of halogens is 1. The van der Waals surface area contributed by atoms with Gasteiger partial charge in [0.25, 0.3) is 0 Å². The molecule has 0 aromatic heterocycles.